The Hall–Kier alpha value is -2.23. The van der Waals surface area contributed by atoms with Gasteiger partial charge in [0.25, 0.3) is 5.91 Å². The zero-order chi connectivity index (χ0) is 12.1. The number of carbonyl (C=O) groups excluding carboxylic acids is 1. The van der Waals surface area contributed by atoms with Crippen LogP contribution < -0.4 is 5.32 Å². The summed E-state index contributed by atoms with van der Waals surface area (Å²) >= 11 is 0. The van der Waals surface area contributed by atoms with Crippen LogP contribution in [0.25, 0.3) is 0 Å². The van der Waals surface area contributed by atoms with Gasteiger partial charge in [-0.05, 0) is 31.2 Å². The fourth-order valence-corrected chi connectivity index (χ4v) is 1.49. The first-order valence-electron chi connectivity index (χ1n) is 5.39. The summed E-state index contributed by atoms with van der Waals surface area (Å²) in [5, 5.41) is 2.88. The lowest BCUT2D eigenvalue weighted by molar-refractivity contribution is 0.0939. The Morgan fingerprint density at radius 2 is 1.94 bits per heavy atom. The maximum absolute atomic E-state index is 11.9. The number of amides is 1. The fraction of sp³-hybridized carbons (Fsp3) is 0.154. The van der Waals surface area contributed by atoms with Gasteiger partial charge in [0, 0.05) is 24.2 Å². The standard InChI is InChI=1S/C13H13N3O/c1-10(12-4-2-3-7-15-12)16-13(17)11-5-8-14-9-6-11/h2-10H,1H3,(H,16,17). The van der Waals surface area contributed by atoms with Gasteiger partial charge in [-0.1, -0.05) is 6.07 Å². The minimum absolute atomic E-state index is 0.114. The van der Waals surface area contributed by atoms with Crippen molar-refractivity contribution in [2.45, 2.75) is 13.0 Å². The molecule has 86 valence electrons. The van der Waals surface area contributed by atoms with Gasteiger partial charge in [-0.2, -0.15) is 0 Å². The summed E-state index contributed by atoms with van der Waals surface area (Å²) in [4.78, 5) is 19.9. The van der Waals surface area contributed by atoms with Crippen molar-refractivity contribution in [3.05, 3.63) is 60.2 Å². The van der Waals surface area contributed by atoms with E-state index in [1.54, 1.807) is 30.7 Å². The fourth-order valence-electron chi connectivity index (χ4n) is 1.49. The second kappa shape index (κ2) is 5.21. The highest BCUT2D eigenvalue weighted by Crippen LogP contribution is 2.09. The number of rotatable bonds is 3. The zero-order valence-electron chi connectivity index (χ0n) is 9.50. The monoisotopic (exact) mass is 227 g/mol. The summed E-state index contributed by atoms with van der Waals surface area (Å²) < 4.78 is 0. The summed E-state index contributed by atoms with van der Waals surface area (Å²) in [7, 11) is 0. The van der Waals surface area contributed by atoms with Gasteiger partial charge in [-0.25, -0.2) is 0 Å². The highest BCUT2D eigenvalue weighted by Gasteiger charge is 2.11. The van der Waals surface area contributed by atoms with Gasteiger partial charge in [0.05, 0.1) is 11.7 Å². The van der Waals surface area contributed by atoms with E-state index in [0.29, 0.717) is 5.56 Å². The van der Waals surface area contributed by atoms with Gasteiger partial charge in [0.15, 0.2) is 0 Å². The molecule has 0 aliphatic heterocycles. The second-order valence-electron chi connectivity index (χ2n) is 3.69. The van der Waals surface area contributed by atoms with E-state index in [-0.39, 0.29) is 11.9 Å². The van der Waals surface area contributed by atoms with Gasteiger partial charge in [0.2, 0.25) is 0 Å². The molecule has 0 saturated heterocycles. The summed E-state index contributed by atoms with van der Waals surface area (Å²) in [6, 6.07) is 8.88. The van der Waals surface area contributed by atoms with Gasteiger partial charge in [-0.15, -0.1) is 0 Å². The predicted molar refractivity (Wildman–Crippen MR) is 64.4 cm³/mol. The first-order chi connectivity index (χ1) is 8.27. The Kier molecular flexibility index (Phi) is 3.45. The Morgan fingerprint density at radius 1 is 1.18 bits per heavy atom. The van der Waals surface area contributed by atoms with Crippen LogP contribution in [0.1, 0.15) is 29.0 Å². The van der Waals surface area contributed by atoms with Crippen LogP contribution >= 0.6 is 0 Å². The Morgan fingerprint density at radius 3 is 2.59 bits per heavy atom. The Balaban J connectivity index is 2.05. The van der Waals surface area contributed by atoms with Gasteiger partial charge in [0.1, 0.15) is 0 Å². The van der Waals surface area contributed by atoms with Crippen LogP contribution in [-0.2, 0) is 0 Å². The molecule has 1 unspecified atom stereocenters. The molecular weight excluding hydrogens is 214 g/mol. The summed E-state index contributed by atoms with van der Waals surface area (Å²) in [6.07, 6.45) is 4.91. The number of nitrogens with zero attached hydrogens (tertiary/aromatic N) is 2. The van der Waals surface area contributed by atoms with Crippen molar-refractivity contribution in [2.75, 3.05) is 0 Å². The molecule has 17 heavy (non-hydrogen) atoms. The van der Waals surface area contributed by atoms with Crippen molar-refractivity contribution >= 4 is 5.91 Å². The maximum Gasteiger partial charge on any atom is 0.251 e. The van der Waals surface area contributed by atoms with Gasteiger partial charge in [-0.3, -0.25) is 14.8 Å². The average molecular weight is 227 g/mol. The van der Waals surface area contributed by atoms with E-state index in [1.807, 2.05) is 25.1 Å². The van der Waals surface area contributed by atoms with Crippen LogP contribution in [0.15, 0.2) is 48.9 Å². The Labute approximate surface area is 99.7 Å². The number of nitrogens with one attached hydrogen (secondary N) is 1. The number of aromatic nitrogens is 2. The molecule has 2 rings (SSSR count). The molecule has 2 aromatic rings. The molecule has 0 aliphatic carbocycles. The van der Waals surface area contributed by atoms with Crippen LogP contribution in [0.2, 0.25) is 0 Å². The summed E-state index contributed by atoms with van der Waals surface area (Å²) in [6.45, 7) is 1.90. The van der Waals surface area contributed by atoms with Gasteiger partial charge < -0.3 is 5.32 Å². The van der Waals surface area contributed by atoms with Crippen LogP contribution in [0.3, 0.4) is 0 Å². The molecule has 0 spiro atoms. The van der Waals surface area contributed by atoms with E-state index in [1.165, 1.54) is 0 Å². The molecule has 0 aliphatic rings. The average Bonchev–Trinajstić information content (AvgIpc) is 2.40. The molecule has 0 saturated carbocycles. The minimum Gasteiger partial charge on any atom is -0.344 e. The number of pyridine rings is 2. The maximum atomic E-state index is 11.9. The van der Waals surface area contributed by atoms with E-state index in [0.717, 1.165) is 5.69 Å². The first-order valence-corrected chi connectivity index (χ1v) is 5.39. The van der Waals surface area contributed by atoms with Crippen molar-refractivity contribution in [1.29, 1.82) is 0 Å². The lowest BCUT2D eigenvalue weighted by Crippen LogP contribution is -2.27. The predicted octanol–water partition coefficient (Wildman–Crippen LogP) is 1.97. The third-order valence-electron chi connectivity index (χ3n) is 2.42. The molecular formula is C13H13N3O. The van der Waals surface area contributed by atoms with Crippen molar-refractivity contribution in [1.82, 2.24) is 15.3 Å². The second-order valence-corrected chi connectivity index (χ2v) is 3.69. The molecule has 4 heteroatoms. The molecule has 1 N–H and O–H groups in total. The third kappa shape index (κ3) is 2.87. The van der Waals surface area contributed by atoms with Gasteiger partial charge >= 0.3 is 0 Å². The topological polar surface area (TPSA) is 54.9 Å². The highest BCUT2D eigenvalue weighted by molar-refractivity contribution is 5.94. The largest absolute Gasteiger partial charge is 0.344 e. The van der Waals surface area contributed by atoms with E-state index in [4.69, 9.17) is 0 Å². The Bertz CT molecular complexity index is 485. The molecule has 2 heterocycles. The van der Waals surface area contributed by atoms with Crippen molar-refractivity contribution in [2.24, 2.45) is 0 Å². The van der Waals surface area contributed by atoms with Crippen molar-refractivity contribution in [3.8, 4) is 0 Å². The lowest BCUT2D eigenvalue weighted by atomic mass is 10.2. The molecule has 2 aromatic heterocycles. The molecule has 0 radical (unpaired) electrons. The number of hydrogen-bond donors (Lipinski definition) is 1. The number of hydrogen-bond acceptors (Lipinski definition) is 3. The van der Waals surface area contributed by atoms with E-state index in [2.05, 4.69) is 15.3 Å². The van der Waals surface area contributed by atoms with Crippen LogP contribution in [0.5, 0.6) is 0 Å². The molecule has 1 atom stereocenters. The normalized spacial score (nSPS) is 11.8. The summed E-state index contributed by atoms with van der Waals surface area (Å²) in [5.74, 6) is -0.120. The highest BCUT2D eigenvalue weighted by atomic mass is 16.1. The summed E-state index contributed by atoms with van der Waals surface area (Å²) in [5.41, 5.74) is 1.44. The van der Waals surface area contributed by atoms with Crippen molar-refractivity contribution < 1.29 is 4.79 Å². The van der Waals surface area contributed by atoms with E-state index in [9.17, 15) is 4.79 Å². The molecule has 0 aromatic carbocycles. The molecule has 0 bridgehead atoms. The van der Waals surface area contributed by atoms with Crippen molar-refractivity contribution in [3.63, 3.8) is 0 Å². The SMILES string of the molecule is CC(NC(=O)c1ccncc1)c1ccccn1. The third-order valence-corrected chi connectivity index (χ3v) is 2.42. The lowest BCUT2D eigenvalue weighted by Gasteiger charge is -2.12. The smallest absolute Gasteiger partial charge is 0.251 e. The minimum atomic E-state index is -0.120. The van der Waals surface area contributed by atoms with Crippen LogP contribution in [0.4, 0.5) is 0 Å². The zero-order valence-corrected chi connectivity index (χ0v) is 9.50. The van der Waals surface area contributed by atoms with E-state index < -0.39 is 0 Å². The molecule has 0 fully saturated rings. The van der Waals surface area contributed by atoms with Crippen LogP contribution in [0, 0.1) is 0 Å². The number of carbonyl (C=O) groups is 1. The van der Waals surface area contributed by atoms with Crippen LogP contribution in [-0.4, -0.2) is 15.9 Å². The quantitative estimate of drug-likeness (QED) is 0.872. The molecule has 4 nitrogen and oxygen atoms in total. The van der Waals surface area contributed by atoms with E-state index >= 15 is 0 Å². The first kappa shape index (κ1) is 11.3. The molecule has 1 amide bonds.